The third kappa shape index (κ3) is 2.20. The molecule has 0 aliphatic heterocycles. The molecule has 0 aromatic heterocycles. The summed E-state index contributed by atoms with van der Waals surface area (Å²) in [7, 11) is 0. The van der Waals surface area contributed by atoms with Crippen molar-refractivity contribution in [1.29, 1.82) is 0 Å². The SMILES string of the molecule is CCCCC1CC1c1cc(C2(F)CC2)ccc1C. The van der Waals surface area contributed by atoms with Gasteiger partial charge in [0.1, 0.15) is 5.67 Å². The molecule has 1 aromatic carbocycles. The van der Waals surface area contributed by atoms with E-state index in [0.29, 0.717) is 0 Å². The molecule has 1 aromatic rings. The maximum absolute atomic E-state index is 14.1. The van der Waals surface area contributed by atoms with Crippen LogP contribution in [0, 0.1) is 12.8 Å². The highest BCUT2D eigenvalue weighted by molar-refractivity contribution is 5.40. The Labute approximate surface area is 110 Å². The zero-order valence-corrected chi connectivity index (χ0v) is 11.5. The van der Waals surface area contributed by atoms with Crippen LogP contribution in [0.3, 0.4) is 0 Å². The van der Waals surface area contributed by atoms with Crippen molar-refractivity contribution in [1.82, 2.24) is 0 Å². The summed E-state index contributed by atoms with van der Waals surface area (Å²) in [6, 6.07) is 6.29. The number of aryl methyl sites for hydroxylation is 1. The van der Waals surface area contributed by atoms with Gasteiger partial charge < -0.3 is 0 Å². The monoisotopic (exact) mass is 246 g/mol. The van der Waals surface area contributed by atoms with Crippen LogP contribution < -0.4 is 0 Å². The molecule has 0 saturated heterocycles. The molecular weight excluding hydrogens is 223 g/mol. The van der Waals surface area contributed by atoms with Crippen LogP contribution in [0.2, 0.25) is 0 Å². The van der Waals surface area contributed by atoms with Crippen LogP contribution in [0.15, 0.2) is 18.2 Å². The highest BCUT2D eigenvalue weighted by Crippen LogP contribution is 2.54. The maximum Gasteiger partial charge on any atom is 0.136 e. The lowest BCUT2D eigenvalue weighted by Gasteiger charge is -2.11. The van der Waals surface area contributed by atoms with Gasteiger partial charge in [0, 0.05) is 0 Å². The van der Waals surface area contributed by atoms with E-state index in [4.69, 9.17) is 0 Å². The third-order valence-corrected chi connectivity index (χ3v) is 4.74. The number of rotatable bonds is 5. The van der Waals surface area contributed by atoms with Crippen molar-refractivity contribution >= 4 is 0 Å². The molecule has 0 heterocycles. The zero-order valence-electron chi connectivity index (χ0n) is 11.5. The Kier molecular flexibility index (Phi) is 2.96. The van der Waals surface area contributed by atoms with Crippen molar-refractivity contribution in [3.8, 4) is 0 Å². The average molecular weight is 246 g/mol. The molecule has 0 nitrogen and oxygen atoms in total. The summed E-state index contributed by atoms with van der Waals surface area (Å²) in [6.07, 6.45) is 6.75. The van der Waals surface area contributed by atoms with Gasteiger partial charge in [0.15, 0.2) is 0 Å². The van der Waals surface area contributed by atoms with Crippen molar-refractivity contribution in [3.05, 3.63) is 34.9 Å². The smallest absolute Gasteiger partial charge is 0.136 e. The van der Waals surface area contributed by atoms with E-state index in [-0.39, 0.29) is 0 Å². The summed E-state index contributed by atoms with van der Waals surface area (Å²) in [6.45, 7) is 4.43. The van der Waals surface area contributed by atoms with Gasteiger partial charge in [-0.05, 0) is 61.1 Å². The first-order valence-electron chi connectivity index (χ1n) is 7.44. The minimum atomic E-state index is -0.976. The van der Waals surface area contributed by atoms with E-state index >= 15 is 0 Å². The third-order valence-electron chi connectivity index (χ3n) is 4.74. The highest BCUT2D eigenvalue weighted by atomic mass is 19.1. The van der Waals surface area contributed by atoms with E-state index < -0.39 is 5.67 Å². The Bertz CT molecular complexity index is 445. The normalized spacial score (nSPS) is 28.2. The molecule has 0 bridgehead atoms. The highest BCUT2D eigenvalue weighted by Gasteiger charge is 2.46. The molecule has 2 atom stereocenters. The van der Waals surface area contributed by atoms with Gasteiger partial charge in [-0.2, -0.15) is 0 Å². The first-order valence-corrected chi connectivity index (χ1v) is 7.44. The van der Waals surface area contributed by atoms with E-state index in [2.05, 4.69) is 26.0 Å². The van der Waals surface area contributed by atoms with Crippen LogP contribution in [-0.2, 0) is 5.67 Å². The second kappa shape index (κ2) is 4.36. The van der Waals surface area contributed by atoms with E-state index in [9.17, 15) is 4.39 Å². The second-order valence-electron chi connectivity index (χ2n) is 6.28. The molecule has 3 rings (SSSR count). The Morgan fingerprint density at radius 2 is 2.11 bits per heavy atom. The minimum absolute atomic E-state index is 0.721. The Hall–Kier alpha value is -0.850. The molecular formula is C17H23F. The molecule has 2 unspecified atom stereocenters. The minimum Gasteiger partial charge on any atom is -0.239 e. The van der Waals surface area contributed by atoms with E-state index in [1.54, 1.807) is 0 Å². The summed E-state index contributed by atoms with van der Waals surface area (Å²) in [4.78, 5) is 0. The Balaban J connectivity index is 1.76. The summed E-state index contributed by atoms with van der Waals surface area (Å²) in [5, 5.41) is 0. The van der Waals surface area contributed by atoms with Crippen LogP contribution in [0.4, 0.5) is 4.39 Å². The van der Waals surface area contributed by atoms with Crippen LogP contribution in [0.25, 0.3) is 0 Å². The van der Waals surface area contributed by atoms with Crippen LogP contribution >= 0.6 is 0 Å². The quantitative estimate of drug-likeness (QED) is 0.666. The van der Waals surface area contributed by atoms with Gasteiger partial charge in [0.25, 0.3) is 0 Å². The lowest BCUT2D eigenvalue weighted by molar-refractivity contribution is 0.317. The van der Waals surface area contributed by atoms with E-state index in [0.717, 1.165) is 30.2 Å². The number of benzene rings is 1. The average Bonchev–Trinajstić information content (AvgIpc) is 3.25. The van der Waals surface area contributed by atoms with E-state index in [1.165, 1.54) is 36.8 Å². The molecule has 2 aliphatic carbocycles. The van der Waals surface area contributed by atoms with Gasteiger partial charge in [0.2, 0.25) is 0 Å². The zero-order chi connectivity index (χ0) is 12.8. The van der Waals surface area contributed by atoms with Gasteiger partial charge in [-0.25, -0.2) is 4.39 Å². The summed E-state index contributed by atoms with van der Waals surface area (Å²) in [5.41, 5.74) is 2.74. The van der Waals surface area contributed by atoms with Gasteiger partial charge in [-0.3, -0.25) is 0 Å². The van der Waals surface area contributed by atoms with Gasteiger partial charge >= 0.3 is 0 Å². The van der Waals surface area contributed by atoms with Crippen molar-refractivity contribution in [3.63, 3.8) is 0 Å². The van der Waals surface area contributed by atoms with Crippen molar-refractivity contribution in [2.75, 3.05) is 0 Å². The summed E-state index contributed by atoms with van der Waals surface area (Å²) >= 11 is 0. The largest absolute Gasteiger partial charge is 0.239 e. The first-order chi connectivity index (χ1) is 8.64. The topological polar surface area (TPSA) is 0 Å². The molecule has 0 spiro atoms. The standard InChI is InChI=1S/C17H23F/c1-3-4-5-13-10-16(13)15-11-14(7-6-12(15)2)17(18)8-9-17/h6-7,11,13,16H,3-5,8-10H2,1-2H3. The maximum atomic E-state index is 14.1. The van der Waals surface area contributed by atoms with Gasteiger partial charge in [-0.1, -0.05) is 38.0 Å². The molecule has 2 fully saturated rings. The van der Waals surface area contributed by atoms with E-state index in [1.807, 2.05) is 6.07 Å². The molecule has 98 valence electrons. The molecule has 1 heteroatoms. The van der Waals surface area contributed by atoms with Gasteiger partial charge in [0.05, 0.1) is 0 Å². The fourth-order valence-corrected chi connectivity index (χ4v) is 3.13. The summed E-state index contributed by atoms with van der Waals surface area (Å²) in [5.74, 6) is 1.59. The second-order valence-corrected chi connectivity index (χ2v) is 6.28. The van der Waals surface area contributed by atoms with Crippen molar-refractivity contribution in [2.45, 2.75) is 64.0 Å². The molecule has 0 amide bonds. The predicted octanol–water partition coefficient (Wildman–Crippen LogP) is 5.25. The molecule has 2 aliphatic rings. The molecule has 0 radical (unpaired) electrons. The molecule has 18 heavy (non-hydrogen) atoms. The number of halogens is 1. The van der Waals surface area contributed by atoms with Crippen LogP contribution in [0.1, 0.15) is 68.1 Å². The lowest BCUT2D eigenvalue weighted by atomic mass is 9.96. The number of hydrogen-bond donors (Lipinski definition) is 0. The fraction of sp³-hybridized carbons (Fsp3) is 0.647. The first kappa shape index (κ1) is 12.2. The molecule has 0 N–H and O–H groups in total. The number of unbranched alkanes of at least 4 members (excludes halogenated alkanes) is 1. The Morgan fingerprint density at radius 3 is 2.78 bits per heavy atom. The fourth-order valence-electron chi connectivity index (χ4n) is 3.13. The Morgan fingerprint density at radius 1 is 1.33 bits per heavy atom. The van der Waals surface area contributed by atoms with Gasteiger partial charge in [-0.15, -0.1) is 0 Å². The number of hydrogen-bond acceptors (Lipinski definition) is 0. The summed E-state index contributed by atoms with van der Waals surface area (Å²) < 4.78 is 14.1. The predicted molar refractivity (Wildman–Crippen MR) is 73.6 cm³/mol. The van der Waals surface area contributed by atoms with Crippen molar-refractivity contribution < 1.29 is 4.39 Å². The van der Waals surface area contributed by atoms with Crippen molar-refractivity contribution in [2.24, 2.45) is 5.92 Å². The van der Waals surface area contributed by atoms with Crippen LogP contribution in [-0.4, -0.2) is 0 Å². The lowest BCUT2D eigenvalue weighted by Crippen LogP contribution is -2.00. The molecule has 2 saturated carbocycles. The number of alkyl halides is 1. The van der Waals surface area contributed by atoms with Crippen LogP contribution in [0.5, 0.6) is 0 Å².